The molecule has 0 bridgehead atoms. The number of nitrogens with zero attached hydrogens (tertiary/aromatic N) is 1. The van der Waals surface area contributed by atoms with Gasteiger partial charge in [0.25, 0.3) is 5.91 Å². The molecule has 0 saturated heterocycles. The van der Waals surface area contributed by atoms with Crippen molar-refractivity contribution in [3.05, 3.63) is 58.0 Å². The van der Waals surface area contributed by atoms with Gasteiger partial charge in [0.1, 0.15) is 23.2 Å². The molecule has 0 atom stereocenters. The van der Waals surface area contributed by atoms with Crippen LogP contribution in [0.2, 0.25) is 0 Å². The van der Waals surface area contributed by atoms with Gasteiger partial charge in [0.05, 0.1) is 5.69 Å². The highest BCUT2D eigenvalue weighted by Gasteiger charge is 2.11. The van der Waals surface area contributed by atoms with Crippen molar-refractivity contribution in [2.45, 2.75) is 6.92 Å². The largest absolute Gasteiger partial charge is 0.462 e. The lowest BCUT2D eigenvalue weighted by Gasteiger charge is -2.05. The van der Waals surface area contributed by atoms with Crippen LogP contribution in [0.3, 0.4) is 0 Å². The molecule has 0 saturated carbocycles. The molecule has 1 N–H and O–H groups in total. The average Bonchev–Trinajstić information content (AvgIpc) is 2.84. The molecule has 2 rings (SSSR count). The Balaban J connectivity index is 2.21. The van der Waals surface area contributed by atoms with Gasteiger partial charge in [-0.3, -0.25) is 4.79 Å². The summed E-state index contributed by atoms with van der Waals surface area (Å²) in [6.45, 7) is 1.80. The van der Waals surface area contributed by atoms with Gasteiger partial charge in [0.2, 0.25) is 0 Å². The highest BCUT2D eigenvalue weighted by molar-refractivity contribution is 9.10. The molecule has 2 aromatic rings. The van der Waals surface area contributed by atoms with Crippen LogP contribution in [0.4, 0.5) is 5.69 Å². The Morgan fingerprint density at radius 2 is 2.10 bits per heavy atom. The minimum atomic E-state index is -0.478. The zero-order chi connectivity index (χ0) is 14.5. The van der Waals surface area contributed by atoms with E-state index in [2.05, 4.69) is 21.2 Å². The van der Waals surface area contributed by atoms with Crippen LogP contribution in [0, 0.1) is 18.3 Å². The van der Waals surface area contributed by atoms with E-state index < -0.39 is 5.91 Å². The molecule has 0 spiro atoms. The van der Waals surface area contributed by atoms with Crippen molar-refractivity contribution in [3.63, 3.8) is 0 Å². The first-order valence-corrected chi connectivity index (χ1v) is 6.63. The predicted octanol–water partition coefficient (Wildman–Crippen LogP) is 3.90. The average molecular weight is 331 g/mol. The number of carbonyl (C=O) groups excluding carboxylic acids is 1. The van der Waals surface area contributed by atoms with Crippen molar-refractivity contribution in [2.24, 2.45) is 0 Å². The summed E-state index contributed by atoms with van der Waals surface area (Å²) in [7, 11) is 0. The number of furan rings is 1. The van der Waals surface area contributed by atoms with Gasteiger partial charge in [-0.05, 0) is 47.1 Å². The Kier molecular flexibility index (Phi) is 4.38. The maximum Gasteiger partial charge on any atom is 0.266 e. The van der Waals surface area contributed by atoms with E-state index in [-0.39, 0.29) is 5.57 Å². The predicted molar refractivity (Wildman–Crippen MR) is 79.8 cm³/mol. The maximum atomic E-state index is 12.0. The molecule has 1 amide bonds. The Bertz CT molecular complexity index is 711. The number of hydrogen-bond acceptors (Lipinski definition) is 3. The summed E-state index contributed by atoms with van der Waals surface area (Å²) in [5.74, 6) is 0.717. The topological polar surface area (TPSA) is 66.0 Å². The zero-order valence-corrected chi connectivity index (χ0v) is 12.3. The van der Waals surface area contributed by atoms with E-state index in [1.54, 1.807) is 37.3 Å². The number of benzene rings is 1. The first-order valence-electron chi connectivity index (χ1n) is 5.84. The van der Waals surface area contributed by atoms with E-state index in [1.165, 1.54) is 6.08 Å². The van der Waals surface area contributed by atoms with Crippen LogP contribution in [0.25, 0.3) is 6.08 Å². The first-order chi connectivity index (χ1) is 9.60. The molecule has 0 radical (unpaired) electrons. The van der Waals surface area contributed by atoms with Crippen molar-refractivity contribution >= 4 is 33.6 Å². The third-order valence-corrected chi connectivity index (χ3v) is 3.23. The summed E-state index contributed by atoms with van der Waals surface area (Å²) in [5.41, 5.74) is 0.587. The van der Waals surface area contributed by atoms with Crippen molar-refractivity contribution < 1.29 is 9.21 Å². The molecule has 5 heteroatoms. The fourth-order valence-corrected chi connectivity index (χ4v) is 1.96. The van der Waals surface area contributed by atoms with Gasteiger partial charge in [-0.1, -0.05) is 12.1 Å². The van der Waals surface area contributed by atoms with Gasteiger partial charge in [0, 0.05) is 10.5 Å². The highest BCUT2D eigenvalue weighted by Crippen LogP contribution is 2.22. The lowest BCUT2D eigenvalue weighted by atomic mass is 10.2. The number of amides is 1. The Morgan fingerprint density at radius 3 is 2.70 bits per heavy atom. The second-order valence-electron chi connectivity index (χ2n) is 4.05. The zero-order valence-electron chi connectivity index (χ0n) is 10.7. The number of hydrogen-bond donors (Lipinski definition) is 1. The smallest absolute Gasteiger partial charge is 0.266 e. The molecule has 1 heterocycles. The van der Waals surface area contributed by atoms with Crippen molar-refractivity contribution in [1.82, 2.24) is 0 Å². The van der Waals surface area contributed by atoms with Crippen molar-refractivity contribution in [3.8, 4) is 6.07 Å². The number of rotatable bonds is 3. The van der Waals surface area contributed by atoms with Crippen LogP contribution < -0.4 is 5.32 Å². The highest BCUT2D eigenvalue weighted by atomic mass is 79.9. The summed E-state index contributed by atoms with van der Waals surface area (Å²) in [6.07, 6.45) is 1.42. The number of nitriles is 1. The molecule has 0 aliphatic rings. The Morgan fingerprint density at radius 1 is 1.35 bits per heavy atom. The molecule has 20 heavy (non-hydrogen) atoms. The number of carbonyl (C=O) groups is 1. The lowest BCUT2D eigenvalue weighted by molar-refractivity contribution is -0.112. The SMILES string of the molecule is Cc1ccc(C=C(C#N)C(=O)Nc2ccccc2Br)o1. The number of halogens is 1. The molecule has 100 valence electrons. The molecule has 1 aromatic heterocycles. The van der Waals surface area contributed by atoms with E-state index in [4.69, 9.17) is 9.68 Å². The molecule has 4 nitrogen and oxygen atoms in total. The fourth-order valence-electron chi connectivity index (χ4n) is 1.57. The monoisotopic (exact) mass is 330 g/mol. The number of para-hydroxylation sites is 1. The Labute approximate surface area is 124 Å². The molecule has 0 aliphatic heterocycles. The van der Waals surface area contributed by atoms with Crippen LogP contribution in [-0.4, -0.2) is 5.91 Å². The summed E-state index contributed by atoms with van der Waals surface area (Å²) < 4.78 is 6.07. The summed E-state index contributed by atoms with van der Waals surface area (Å²) in [6, 6.07) is 12.5. The summed E-state index contributed by atoms with van der Waals surface area (Å²) in [5, 5.41) is 11.7. The van der Waals surface area contributed by atoms with E-state index in [0.29, 0.717) is 11.4 Å². The van der Waals surface area contributed by atoms with Crippen LogP contribution in [0.15, 0.2) is 50.9 Å². The van der Waals surface area contributed by atoms with E-state index in [0.717, 1.165) is 10.2 Å². The maximum absolute atomic E-state index is 12.0. The van der Waals surface area contributed by atoms with Crippen molar-refractivity contribution in [1.29, 1.82) is 5.26 Å². The standard InChI is InChI=1S/C15H11BrN2O2/c1-10-6-7-12(20-10)8-11(9-17)15(19)18-14-5-3-2-4-13(14)16/h2-8H,1H3,(H,18,19). The van der Waals surface area contributed by atoms with Gasteiger partial charge < -0.3 is 9.73 Å². The molecule has 0 unspecified atom stereocenters. The van der Waals surface area contributed by atoms with Crippen LogP contribution in [0.1, 0.15) is 11.5 Å². The molecule has 0 fully saturated rings. The minimum absolute atomic E-state index is 0.0184. The lowest BCUT2D eigenvalue weighted by Crippen LogP contribution is -2.13. The van der Waals surface area contributed by atoms with E-state index in [9.17, 15) is 4.79 Å². The van der Waals surface area contributed by atoms with Gasteiger partial charge in [-0.25, -0.2) is 0 Å². The van der Waals surface area contributed by atoms with Crippen LogP contribution >= 0.6 is 15.9 Å². The van der Waals surface area contributed by atoms with Crippen molar-refractivity contribution in [2.75, 3.05) is 5.32 Å². The molecule has 1 aromatic carbocycles. The number of anilines is 1. The Hall–Kier alpha value is -2.32. The summed E-state index contributed by atoms with van der Waals surface area (Å²) in [4.78, 5) is 12.0. The summed E-state index contributed by atoms with van der Waals surface area (Å²) >= 11 is 3.33. The fraction of sp³-hybridized carbons (Fsp3) is 0.0667. The second-order valence-corrected chi connectivity index (χ2v) is 4.91. The minimum Gasteiger partial charge on any atom is -0.462 e. The van der Waals surface area contributed by atoms with Crippen LogP contribution in [-0.2, 0) is 4.79 Å². The number of nitrogens with one attached hydrogen (secondary N) is 1. The second kappa shape index (κ2) is 6.22. The third-order valence-electron chi connectivity index (χ3n) is 2.53. The van der Waals surface area contributed by atoms with Gasteiger partial charge in [-0.15, -0.1) is 0 Å². The molecular formula is C15H11BrN2O2. The van der Waals surface area contributed by atoms with Crippen LogP contribution in [0.5, 0.6) is 0 Å². The van der Waals surface area contributed by atoms with Gasteiger partial charge in [0.15, 0.2) is 0 Å². The van der Waals surface area contributed by atoms with E-state index in [1.807, 2.05) is 12.1 Å². The normalized spacial score (nSPS) is 10.9. The molecule has 0 aliphatic carbocycles. The van der Waals surface area contributed by atoms with Gasteiger partial charge >= 0.3 is 0 Å². The van der Waals surface area contributed by atoms with Gasteiger partial charge in [-0.2, -0.15) is 5.26 Å². The third kappa shape index (κ3) is 3.37. The first kappa shape index (κ1) is 14.1. The quantitative estimate of drug-likeness (QED) is 0.685. The van der Waals surface area contributed by atoms with E-state index >= 15 is 0 Å². The molecular weight excluding hydrogens is 320 g/mol. The number of aryl methyl sites for hydroxylation is 1.